The third kappa shape index (κ3) is 3.93. The average Bonchev–Trinajstić information content (AvgIpc) is 3.10. The Bertz CT molecular complexity index is 753. The SMILES string of the molecule is CCc1nnc(N2CCN(S(=O)(=O)CCc3ccccc3)CC2)o1. The molecule has 1 saturated heterocycles. The van der Waals surface area contributed by atoms with Gasteiger partial charge >= 0.3 is 6.01 Å². The highest BCUT2D eigenvalue weighted by molar-refractivity contribution is 7.89. The molecule has 0 radical (unpaired) electrons. The topological polar surface area (TPSA) is 79.5 Å². The van der Waals surface area contributed by atoms with Crippen LogP contribution < -0.4 is 4.90 Å². The van der Waals surface area contributed by atoms with E-state index in [2.05, 4.69) is 10.2 Å². The van der Waals surface area contributed by atoms with Crippen LogP contribution in [0.2, 0.25) is 0 Å². The molecule has 0 bridgehead atoms. The first kappa shape index (κ1) is 16.9. The third-order valence-corrected chi connectivity index (χ3v) is 6.02. The minimum atomic E-state index is -3.25. The molecule has 7 nitrogen and oxygen atoms in total. The Kier molecular flexibility index (Phi) is 5.15. The fraction of sp³-hybridized carbons (Fsp3) is 0.500. The van der Waals surface area contributed by atoms with Gasteiger partial charge in [-0.1, -0.05) is 42.4 Å². The Morgan fingerprint density at radius 2 is 1.79 bits per heavy atom. The van der Waals surface area contributed by atoms with Gasteiger partial charge in [0.25, 0.3) is 0 Å². The van der Waals surface area contributed by atoms with Crippen LogP contribution in [0.1, 0.15) is 18.4 Å². The van der Waals surface area contributed by atoms with E-state index in [9.17, 15) is 8.42 Å². The van der Waals surface area contributed by atoms with Crippen molar-refractivity contribution < 1.29 is 12.8 Å². The van der Waals surface area contributed by atoms with Crippen molar-refractivity contribution in [3.8, 4) is 0 Å². The van der Waals surface area contributed by atoms with Gasteiger partial charge in [0.15, 0.2) is 0 Å². The lowest BCUT2D eigenvalue weighted by Gasteiger charge is -2.32. The normalized spacial score (nSPS) is 16.5. The molecule has 2 aromatic rings. The summed E-state index contributed by atoms with van der Waals surface area (Å²) in [5.41, 5.74) is 1.04. The lowest BCUT2D eigenvalue weighted by molar-refractivity contribution is 0.369. The van der Waals surface area contributed by atoms with Crippen LogP contribution in [-0.2, 0) is 22.9 Å². The zero-order valence-electron chi connectivity index (χ0n) is 13.8. The van der Waals surface area contributed by atoms with Crippen molar-refractivity contribution in [1.29, 1.82) is 0 Å². The van der Waals surface area contributed by atoms with Crippen LogP contribution in [0, 0.1) is 0 Å². The maximum absolute atomic E-state index is 12.5. The van der Waals surface area contributed by atoms with Crippen molar-refractivity contribution in [3.63, 3.8) is 0 Å². The molecule has 1 aromatic carbocycles. The second-order valence-electron chi connectivity index (χ2n) is 5.77. The number of sulfonamides is 1. The average molecular weight is 350 g/mol. The van der Waals surface area contributed by atoms with Crippen molar-refractivity contribution >= 4 is 16.0 Å². The second kappa shape index (κ2) is 7.31. The maximum Gasteiger partial charge on any atom is 0.318 e. The molecule has 0 unspecified atom stereocenters. The number of aryl methyl sites for hydroxylation is 2. The van der Waals surface area contributed by atoms with E-state index in [1.54, 1.807) is 4.31 Å². The van der Waals surface area contributed by atoms with Gasteiger partial charge in [-0.05, 0) is 12.0 Å². The second-order valence-corrected chi connectivity index (χ2v) is 7.86. The van der Waals surface area contributed by atoms with E-state index in [0.29, 0.717) is 50.9 Å². The molecule has 8 heteroatoms. The van der Waals surface area contributed by atoms with Crippen molar-refractivity contribution in [1.82, 2.24) is 14.5 Å². The lowest BCUT2D eigenvalue weighted by Crippen LogP contribution is -2.49. The Morgan fingerprint density at radius 1 is 1.08 bits per heavy atom. The van der Waals surface area contributed by atoms with Crippen LogP contribution in [0.3, 0.4) is 0 Å². The highest BCUT2D eigenvalue weighted by Gasteiger charge is 2.28. The van der Waals surface area contributed by atoms with Gasteiger partial charge in [-0.15, -0.1) is 5.10 Å². The van der Waals surface area contributed by atoms with Crippen LogP contribution >= 0.6 is 0 Å². The Morgan fingerprint density at radius 3 is 2.42 bits per heavy atom. The highest BCUT2D eigenvalue weighted by atomic mass is 32.2. The predicted octanol–water partition coefficient (Wildman–Crippen LogP) is 1.33. The van der Waals surface area contributed by atoms with E-state index in [1.807, 2.05) is 42.2 Å². The van der Waals surface area contributed by atoms with Crippen molar-refractivity contribution in [2.45, 2.75) is 19.8 Å². The number of hydrogen-bond donors (Lipinski definition) is 0. The highest BCUT2D eigenvalue weighted by Crippen LogP contribution is 2.17. The minimum Gasteiger partial charge on any atom is -0.408 e. The molecule has 0 saturated carbocycles. The molecule has 3 rings (SSSR count). The molecule has 0 N–H and O–H groups in total. The summed E-state index contributed by atoms with van der Waals surface area (Å²) in [6, 6.07) is 10.2. The monoisotopic (exact) mass is 350 g/mol. The van der Waals surface area contributed by atoms with Gasteiger partial charge in [-0.3, -0.25) is 0 Å². The number of benzene rings is 1. The maximum atomic E-state index is 12.5. The molecule has 1 fully saturated rings. The van der Waals surface area contributed by atoms with Gasteiger partial charge in [-0.25, -0.2) is 8.42 Å². The number of hydrogen-bond acceptors (Lipinski definition) is 6. The lowest BCUT2D eigenvalue weighted by atomic mass is 10.2. The van der Waals surface area contributed by atoms with E-state index >= 15 is 0 Å². The van der Waals surface area contributed by atoms with Gasteiger partial charge < -0.3 is 9.32 Å². The van der Waals surface area contributed by atoms with Crippen molar-refractivity contribution in [3.05, 3.63) is 41.8 Å². The van der Waals surface area contributed by atoms with Gasteiger partial charge in [0, 0.05) is 32.6 Å². The first-order valence-electron chi connectivity index (χ1n) is 8.17. The fourth-order valence-electron chi connectivity index (χ4n) is 2.69. The van der Waals surface area contributed by atoms with Gasteiger partial charge in [0.1, 0.15) is 0 Å². The largest absolute Gasteiger partial charge is 0.408 e. The summed E-state index contributed by atoms with van der Waals surface area (Å²) in [6.45, 7) is 3.97. The summed E-state index contributed by atoms with van der Waals surface area (Å²) < 4.78 is 32.1. The number of nitrogens with zero attached hydrogens (tertiary/aromatic N) is 4. The molecule has 0 amide bonds. The molecule has 1 aromatic heterocycles. The third-order valence-electron chi connectivity index (χ3n) is 4.15. The van der Waals surface area contributed by atoms with Gasteiger partial charge in [0.2, 0.25) is 15.9 Å². The summed E-state index contributed by atoms with van der Waals surface area (Å²) in [7, 11) is -3.25. The molecule has 0 spiro atoms. The van der Waals surface area contributed by atoms with E-state index in [4.69, 9.17) is 4.42 Å². The molecule has 2 heterocycles. The predicted molar refractivity (Wildman–Crippen MR) is 91.4 cm³/mol. The van der Waals surface area contributed by atoms with Crippen LogP contribution in [0.4, 0.5) is 6.01 Å². The first-order valence-corrected chi connectivity index (χ1v) is 9.78. The minimum absolute atomic E-state index is 0.136. The van der Waals surface area contributed by atoms with E-state index in [0.717, 1.165) is 5.56 Å². The molecule has 130 valence electrons. The Labute approximate surface area is 142 Å². The standard InChI is InChI=1S/C16H22N4O3S/c1-2-15-17-18-16(23-15)19-9-11-20(12-10-19)24(21,22)13-8-14-6-4-3-5-7-14/h3-7H,2,8-13H2,1H3. The zero-order chi connectivity index (χ0) is 17.0. The first-order chi connectivity index (χ1) is 11.6. The molecule has 24 heavy (non-hydrogen) atoms. The number of aromatic nitrogens is 2. The molecule has 1 aliphatic rings. The zero-order valence-corrected chi connectivity index (χ0v) is 14.6. The van der Waals surface area contributed by atoms with Crippen LogP contribution in [-0.4, -0.2) is 54.9 Å². The van der Waals surface area contributed by atoms with Crippen LogP contribution in [0.25, 0.3) is 0 Å². The number of rotatable bonds is 6. The van der Waals surface area contributed by atoms with Crippen molar-refractivity contribution in [2.75, 3.05) is 36.8 Å². The Balaban J connectivity index is 1.55. The molecular weight excluding hydrogens is 328 g/mol. The molecule has 0 aliphatic carbocycles. The summed E-state index contributed by atoms with van der Waals surface area (Å²) in [5.74, 6) is 0.736. The molecule has 1 aliphatic heterocycles. The van der Waals surface area contributed by atoms with Crippen LogP contribution in [0.5, 0.6) is 0 Å². The molecular formula is C16H22N4O3S. The van der Waals surface area contributed by atoms with Gasteiger partial charge in [-0.2, -0.15) is 4.31 Å². The molecule has 0 atom stereocenters. The smallest absolute Gasteiger partial charge is 0.318 e. The van der Waals surface area contributed by atoms with E-state index in [1.165, 1.54) is 0 Å². The quantitative estimate of drug-likeness (QED) is 0.782. The van der Waals surface area contributed by atoms with E-state index in [-0.39, 0.29) is 5.75 Å². The summed E-state index contributed by atoms with van der Waals surface area (Å²) in [5, 5.41) is 7.97. The number of piperazine rings is 1. The van der Waals surface area contributed by atoms with E-state index < -0.39 is 10.0 Å². The Hall–Kier alpha value is -1.93. The van der Waals surface area contributed by atoms with Crippen LogP contribution in [0.15, 0.2) is 34.7 Å². The fourth-order valence-corrected chi connectivity index (χ4v) is 4.17. The van der Waals surface area contributed by atoms with Crippen molar-refractivity contribution in [2.24, 2.45) is 0 Å². The summed E-state index contributed by atoms with van der Waals surface area (Å²) in [4.78, 5) is 1.94. The van der Waals surface area contributed by atoms with Gasteiger partial charge in [0.05, 0.1) is 5.75 Å². The number of anilines is 1. The summed E-state index contributed by atoms with van der Waals surface area (Å²) in [6.07, 6.45) is 1.23. The summed E-state index contributed by atoms with van der Waals surface area (Å²) >= 11 is 0.